The van der Waals surface area contributed by atoms with Gasteiger partial charge < -0.3 is 9.88 Å². The van der Waals surface area contributed by atoms with E-state index < -0.39 is 11.7 Å². The van der Waals surface area contributed by atoms with Crippen LogP contribution in [0.2, 0.25) is 10.2 Å². The molecular formula is C17H13Cl2FN4O2S. The fourth-order valence-corrected chi connectivity index (χ4v) is 3.46. The molecule has 0 atom stereocenters. The third kappa shape index (κ3) is 4.13. The second-order valence-corrected chi connectivity index (χ2v) is 7.22. The van der Waals surface area contributed by atoms with Crippen molar-refractivity contribution in [1.82, 2.24) is 9.55 Å². The van der Waals surface area contributed by atoms with Crippen molar-refractivity contribution in [1.29, 1.82) is 0 Å². The van der Waals surface area contributed by atoms with E-state index in [4.69, 9.17) is 23.2 Å². The standard InChI is InChI=1S/C17H13Cl2FN4O2S/c1-8(25)21-9-3-4-10(12(20)5-9)13-7-27-17(22-13)23-16(26)14-6-11(18)15(19)24(14)2/h3-7H,1-2H3,(H,21,25)(H,22,23,26). The number of nitrogens with zero attached hydrogens (tertiary/aromatic N) is 2. The highest BCUT2D eigenvalue weighted by atomic mass is 35.5. The average molecular weight is 427 g/mol. The number of hydrogen-bond donors (Lipinski definition) is 2. The Kier molecular flexibility index (Phi) is 5.50. The van der Waals surface area contributed by atoms with Crippen molar-refractivity contribution < 1.29 is 14.0 Å². The van der Waals surface area contributed by atoms with E-state index in [1.165, 1.54) is 29.7 Å². The van der Waals surface area contributed by atoms with Crippen LogP contribution in [0.4, 0.5) is 15.2 Å². The second kappa shape index (κ2) is 7.67. The highest BCUT2D eigenvalue weighted by molar-refractivity contribution is 7.14. The SMILES string of the molecule is CC(=O)Nc1ccc(-c2csc(NC(=O)c3cc(Cl)c(Cl)n3C)n2)c(F)c1. The normalized spacial score (nSPS) is 10.7. The number of anilines is 2. The Hall–Kier alpha value is -2.42. The number of carbonyl (C=O) groups excluding carboxylic acids is 2. The molecule has 0 bridgehead atoms. The van der Waals surface area contributed by atoms with Crippen molar-refractivity contribution in [2.45, 2.75) is 6.92 Å². The minimum Gasteiger partial charge on any atom is -0.329 e. The number of aromatic nitrogens is 2. The first-order chi connectivity index (χ1) is 12.8. The molecule has 0 aliphatic carbocycles. The summed E-state index contributed by atoms with van der Waals surface area (Å²) in [5, 5.41) is 7.59. The van der Waals surface area contributed by atoms with Gasteiger partial charge in [-0.25, -0.2) is 9.37 Å². The number of rotatable bonds is 4. The monoisotopic (exact) mass is 426 g/mol. The summed E-state index contributed by atoms with van der Waals surface area (Å²) in [6.07, 6.45) is 0. The Balaban J connectivity index is 1.79. The number of benzene rings is 1. The minimum atomic E-state index is -0.537. The van der Waals surface area contributed by atoms with Crippen LogP contribution in [-0.2, 0) is 11.8 Å². The van der Waals surface area contributed by atoms with E-state index in [0.29, 0.717) is 16.5 Å². The van der Waals surface area contributed by atoms with Crippen LogP contribution in [0.3, 0.4) is 0 Å². The summed E-state index contributed by atoms with van der Waals surface area (Å²) in [5.74, 6) is -1.26. The van der Waals surface area contributed by atoms with Gasteiger partial charge in [-0.2, -0.15) is 0 Å². The Labute approximate surface area is 167 Å². The van der Waals surface area contributed by atoms with Gasteiger partial charge in [0.05, 0.1) is 10.7 Å². The molecule has 0 saturated carbocycles. The molecule has 2 heterocycles. The highest BCUT2D eigenvalue weighted by Gasteiger charge is 2.18. The molecule has 1 aromatic carbocycles. The van der Waals surface area contributed by atoms with Gasteiger partial charge in [-0.15, -0.1) is 11.3 Å². The molecule has 3 aromatic rings. The summed E-state index contributed by atoms with van der Waals surface area (Å²) >= 11 is 13.0. The Morgan fingerprint density at radius 1 is 1.22 bits per heavy atom. The number of hydrogen-bond acceptors (Lipinski definition) is 4. The first-order valence-electron chi connectivity index (χ1n) is 7.61. The molecule has 27 heavy (non-hydrogen) atoms. The van der Waals surface area contributed by atoms with Crippen LogP contribution in [0.25, 0.3) is 11.3 Å². The molecule has 0 unspecified atom stereocenters. The first-order valence-corrected chi connectivity index (χ1v) is 9.25. The lowest BCUT2D eigenvalue weighted by Crippen LogP contribution is -2.15. The van der Waals surface area contributed by atoms with E-state index in [1.807, 2.05) is 0 Å². The molecule has 6 nitrogen and oxygen atoms in total. The molecule has 0 aliphatic heterocycles. The molecule has 3 rings (SSSR count). The van der Waals surface area contributed by atoms with Crippen molar-refractivity contribution in [3.05, 3.63) is 51.3 Å². The predicted octanol–water partition coefficient (Wildman–Crippen LogP) is 4.81. The van der Waals surface area contributed by atoms with Crippen LogP contribution in [0.15, 0.2) is 29.6 Å². The molecule has 0 spiro atoms. The Morgan fingerprint density at radius 2 is 1.96 bits per heavy atom. The van der Waals surface area contributed by atoms with E-state index in [1.54, 1.807) is 18.5 Å². The van der Waals surface area contributed by atoms with Crippen molar-refractivity contribution in [3.63, 3.8) is 0 Å². The fraction of sp³-hybridized carbons (Fsp3) is 0.118. The summed E-state index contributed by atoms with van der Waals surface area (Å²) in [4.78, 5) is 27.7. The van der Waals surface area contributed by atoms with Crippen LogP contribution in [0.5, 0.6) is 0 Å². The topological polar surface area (TPSA) is 76.0 Å². The summed E-state index contributed by atoms with van der Waals surface area (Å²) < 4.78 is 15.8. The van der Waals surface area contributed by atoms with Crippen molar-refractivity contribution in [2.75, 3.05) is 10.6 Å². The molecule has 2 aromatic heterocycles. The number of thiazole rings is 1. The van der Waals surface area contributed by atoms with Gasteiger partial charge in [0.25, 0.3) is 5.91 Å². The van der Waals surface area contributed by atoms with E-state index >= 15 is 0 Å². The predicted molar refractivity (Wildman–Crippen MR) is 105 cm³/mol. The zero-order valence-electron chi connectivity index (χ0n) is 14.1. The smallest absolute Gasteiger partial charge is 0.274 e. The summed E-state index contributed by atoms with van der Waals surface area (Å²) in [5.41, 5.74) is 1.24. The fourth-order valence-electron chi connectivity index (χ4n) is 2.38. The van der Waals surface area contributed by atoms with E-state index in [0.717, 1.165) is 11.3 Å². The van der Waals surface area contributed by atoms with E-state index in [9.17, 15) is 14.0 Å². The van der Waals surface area contributed by atoms with Gasteiger partial charge >= 0.3 is 0 Å². The van der Waals surface area contributed by atoms with Gasteiger partial charge in [0, 0.05) is 30.6 Å². The zero-order chi connectivity index (χ0) is 19.7. The third-order valence-corrected chi connectivity index (χ3v) is 5.24. The number of carbonyl (C=O) groups is 2. The quantitative estimate of drug-likeness (QED) is 0.628. The summed E-state index contributed by atoms with van der Waals surface area (Å²) in [7, 11) is 1.61. The number of halogens is 3. The van der Waals surface area contributed by atoms with E-state index in [-0.39, 0.29) is 27.3 Å². The van der Waals surface area contributed by atoms with Gasteiger partial charge in [0.15, 0.2) is 5.13 Å². The molecule has 0 fully saturated rings. The summed E-state index contributed by atoms with van der Waals surface area (Å²) in [6.45, 7) is 1.34. The van der Waals surface area contributed by atoms with Crippen LogP contribution in [-0.4, -0.2) is 21.4 Å². The molecule has 0 saturated heterocycles. The van der Waals surface area contributed by atoms with Crippen molar-refractivity contribution in [2.24, 2.45) is 7.05 Å². The van der Waals surface area contributed by atoms with Gasteiger partial charge in [-0.3, -0.25) is 14.9 Å². The lowest BCUT2D eigenvalue weighted by atomic mass is 10.1. The number of amides is 2. The largest absolute Gasteiger partial charge is 0.329 e. The van der Waals surface area contributed by atoms with E-state index in [2.05, 4.69) is 15.6 Å². The van der Waals surface area contributed by atoms with Crippen molar-refractivity contribution in [3.8, 4) is 11.3 Å². The van der Waals surface area contributed by atoms with Crippen LogP contribution < -0.4 is 10.6 Å². The van der Waals surface area contributed by atoms with Crippen LogP contribution in [0.1, 0.15) is 17.4 Å². The second-order valence-electron chi connectivity index (χ2n) is 5.60. The first kappa shape index (κ1) is 19.3. The lowest BCUT2D eigenvalue weighted by molar-refractivity contribution is -0.114. The molecule has 2 N–H and O–H groups in total. The van der Waals surface area contributed by atoms with Gasteiger partial charge in [0.1, 0.15) is 16.7 Å². The minimum absolute atomic E-state index is 0.253. The maximum Gasteiger partial charge on any atom is 0.274 e. The lowest BCUT2D eigenvalue weighted by Gasteiger charge is -2.05. The van der Waals surface area contributed by atoms with Gasteiger partial charge in [-0.1, -0.05) is 23.2 Å². The Bertz CT molecular complexity index is 1050. The van der Waals surface area contributed by atoms with Crippen LogP contribution in [0, 0.1) is 5.82 Å². The van der Waals surface area contributed by atoms with Crippen LogP contribution >= 0.6 is 34.5 Å². The van der Waals surface area contributed by atoms with Gasteiger partial charge in [0.2, 0.25) is 5.91 Å². The Morgan fingerprint density at radius 3 is 2.56 bits per heavy atom. The molecule has 10 heteroatoms. The van der Waals surface area contributed by atoms with Crippen molar-refractivity contribution >= 4 is 57.2 Å². The zero-order valence-corrected chi connectivity index (χ0v) is 16.5. The maximum absolute atomic E-state index is 14.3. The molecule has 0 aliphatic rings. The molecule has 2 amide bonds. The highest BCUT2D eigenvalue weighted by Crippen LogP contribution is 2.30. The molecular weight excluding hydrogens is 414 g/mol. The third-order valence-electron chi connectivity index (χ3n) is 3.64. The number of nitrogens with one attached hydrogen (secondary N) is 2. The summed E-state index contributed by atoms with van der Waals surface area (Å²) in [6, 6.07) is 5.75. The van der Waals surface area contributed by atoms with Gasteiger partial charge in [-0.05, 0) is 24.3 Å². The average Bonchev–Trinajstić information content (AvgIpc) is 3.14. The molecule has 140 valence electrons. The maximum atomic E-state index is 14.3. The molecule has 0 radical (unpaired) electrons.